The molecule has 0 aliphatic heterocycles. The van der Waals surface area contributed by atoms with Gasteiger partial charge in [-0.05, 0) is 55.5 Å². The number of anilines is 1. The third-order valence-corrected chi connectivity index (χ3v) is 5.62. The molecule has 0 aliphatic rings. The number of rotatable bonds is 9. The van der Waals surface area contributed by atoms with Gasteiger partial charge in [0.25, 0.3) is 0 Å². The van der Waals surface area contributed by atoms with Gasteiger partial charge in [0.15, 0.2) is 11.5 Å². The molecule has 33 heavy (non-hydrogen) atoms. The number of nitrogens with one attached hydrogen (secondary N) is 1. The monoisotopic (exact) mass is 465 g/mol. The maximum Gasteiger partial charge on any atom is 0.234 e. The molecule has 9 nitrogen and oxygen atoms in total. The van der Waals surface area contributed by atoms with E-state index < -0.39 is 0 Å². The Bertz CT molecular complexity index is 1260. The molecule has 0 aliphatic carbocycles. The predicted octanol–water partition coefficient (Wildman–Crippen LogP) is 3.94. The number of carbonyl (C=O) groups excluding carboxylic acids is 1. The van der Waals surface area contributed by atoms with E-state index in [0.29, 0.717) is 40.3 Å². The van der Waals surface area contributed by atoms with E-state index in [1.165, 1.54) is 11.8 Å². The molecule has 2 aromatic carbocycles. The predicted molar refractivity (Wildman–Crippen MR) is 126 cm³/mol. The molecule has 0 saturated carbocycles. The van der Waals surface area contributed by atoms with Crippen molar-refractivity contribution in [1.29, 1.82) is 0 Å². The molecular weight excluding hydrogens is 442 g/mol. The van der Waals surface area contributed by atoms with E-state index in [4.69, 9.17) is 14.2 Å². The number of thioether (sulfide) groups is 1. The van der Waals surface area contributed by atoms with Gasteiger partial charge >= 0.3 is 0 Å². The van der Waals surface area contributed by atoms with Crippen LogP contribution in [0.2, 0.25) is 0 Å². The van der Waals surface area contributed by atoms with Crippen molar-refractivity contribution >= 4 is 29.0 Å². The first-order valence-electron chi connectivity index (χ1n) is 10.2. The standard InChI is InChI=1S/C23H23N5O4S/c1-4-32-16-7-5-15(6-8-16)23-26-25-20-11-12-22(27-28(20)23)33-14-21(29)24-18-10-9-17(30-2)13-19(18)31-3/h5-13H,4,14H2,1-3H3,(H,24,29). The molecule has 4 aromatic rings. The number of nitrogens with zero attached hydrogens (tertiary/aromatic N) is 4. The van der Waals surface area contributed by atoms with Crippen LogP contribution in [-0.2, 0) is 4.79 Å². The van der Waals surface area contributed by atoms with Crippen LogP contribution in [-0.4, -0.2) is 52.3 Å². The van der Waals surface area contributed by atoms with E-state index in [1.54, 1.807) is 36.9 Å². The number of aromatic nitrogens is 4. The summed E-state index contributed by atoms with van der Waals surface area (Å²) in [6.45, 7) is 2.55. The van der Waals surface area contributed by atoms with Gasteiger partial charge in [-0.25, -0.2) is 0 Å². The van der Waals surface area contributed by atoms with Gasteiger partial charge in [-0.1, -0.05) is 11.8 Å². The molecule has 1 N–H and O–H groups in total. The fraction of sp³-hybridized carbons (Fsp3) is 0.217. The molecule has 10 heteroatoms. The van der Waals surface area contributed by atoms with Crippen molar-refractivity contribution in [2.45, 2.75) is 11.9 Å². The highest BCUT2D eigenvalue weighted by Gasteiger charge is 2.13. The van der Waals surface area contributed by atoms with E-state index in [0.717, 1.165) is 11.3 Å². The SMILES string of the molecule is CCOc1ccc(-c2nnc3ccc(SCC(=O)Nc4ccc(OC)cc4OC)nn23)cc1. The molecule has 170 valence electrons. The molecule has 0 spiro atoms. The van der Waals surface area contributed by atoms with Crippen molar-refractivity contribution in [3.8, 4) is 28.6 Å². The number of hydrogen-bond acceptors (Lipinski definition) is 8. The summed E-state index contributed by atoms with van der Waals surface area (Å²) in [4.78, 5) is 12.5. The first-order chi connectivity index (χ1) is 16.1. The van der Waals surface area contributed by atoms with Gasteiger partial charge in [0.05, 0.1) is 32.3 Å². The van der Waals surface area contributed by atoms with E-state index in [-0.39, 0.29) is 11.7 Å². The normalized spacial score (nSPS) is 10.8. The lowest BCUT2D eigenvalue weighted by atomic mass is 10.2. The second-order valence-electron chi connectivity index (χ2n) is 6.83. The maximum atomic E-state index is 12.5. The lowest BCUT2D eigenvalue weighted by Gasteiger charge is -2.11. The molecule has 1 amide bonds. The Morgan fingerprint density at radius 2 is 1.79 bits per heavy atom. The summed E-state index contributed by atoms with van der Waals surface area (Å²) in [5.41, 5.74) is 2.06. The number of methoxy groups -OCH3 is 2. The summed E-state index contributed by atoms with van der Waals surface area (Å²) in [5.74, 6) is 2.57. The van der Waals surface area contributed by atoms with Crippen LogP contribution in [0.25, 0.3) is 17.0 Å². The first kappa shape index (κ1) is 22.4. The highest BCUT2D eigenvalue weighted by Crippen LogP contribution is 2.29. The van der Waals surface area contributed by atoms with Crippen LogP contribution in [0.1, 0.15) is 6.92 Å². The smallest absolute Gasteiger partial charge is 0.234 e. The number of carbonyl (C=O) groups is 1. The van der Waals surface area contributed by atoms with Crippen molar-refractivity contribution in [2.75, 3.05) is 31.9 Å². The summed E-state index contributed by atoms with van der Waals surface area (Å²) in [7, 11) is 3.12. The summed E-state index contributed by atoms with van der Waals surface area (Å²) >= 11 is 1.32. The average Bonchev–Trinajstić information content (AvgIpc) is 3.27. The summed E-state index contributed by atoms with van der Waals surface area (Å²) < 4.78 is 17.7. The van der Waals surface area contributed by atoms with Gasteiger partial charge in [-0.3, -0.25) is 4.79 Å². The molecule has 4 rings (SSSR count). The zero-order valence-corrected chi connectivity index (χ0v) is 19.3. The fourth-order valence-electron chi connectivity index (χ4n) is 3.12. The molecule has 0 fully saturated rings. The summed E-state index contributed by atoms with van der Waals surface area (Å²) in [6, 6.07) is 16.5. The Morgan fingerprint density at radius 1 is 1.00 bits per heavy atom. The average molecular weight is 466 g/mol. The summed E-state index contributed by atoms with van der Waals surface area (Å²) in [6.07, 6.45) is 0. The van der Waals surface area contributed by atoms with Gasteiger partial charge in [0, 0.05) is 11.6 Å². The minimum absolute atomic E-state index is 0.175. The quantitative estimate of drug-likeness (QED) is 0.371. The second-order valence-corrected chi connectivity index (χ2v) is 7.82. The molecule has 0 unspecified atom stereocenters. The van der Waals surface area contributed by atoms with Crippen molar-refractivity contribution < 1.29 is 19.0 Å². The van der Waals surface area contributed by atoms with Crippen molar-refractivity contribution in [3.63, 3.8) is 0 Å². The van der Waals surface area contributed by atoms with Crippen molar-refractivity contribution in [1.82, 2.24) is 19.8 Å². The van der Waals surface area contributed by atoms with Gasteiger partial charge in [-0.2, -0.15) is 9.61 Å². The zero-order chi connectivity index (χ0) is 23.2. The molecule has 2 heterocycles. The lowest BCUT2D eigenvalue weighted by molar-refractivity contribution is -0.113. The van der Waals surface area contributed by atoms with Crippen LogP contribution in [0.3, 0.4) is 0 Å². The summed E-state index contributed by atoms with van der Waals surface area (Å²) in [5, 5.41) is 16.6. The Morgan fingerprint density at radius 3 is 2.52 bits per heavy atom. The number of fused-ring (bicyclic) bond motifs is 1. The number of hydrogen-bond donors (Lipinski definition) is 1. The first-order valence-corrected chi connectivity index (χ1v) is 11.2. The third-order valence-electron chi connectivity index (χ3n) is 4.70. The maximum absolute atomic E-state index is 12.5. The van der Waals surface area contributed by atoms with E-state index >= 15 is 0 Å². The van der Waals surface area contributed by atoms with Gasteiger partial charge in [-0.15, -0.1) is 10.2 Å². The molecule has 0 atom stereocenters. The Hall–Kier alpha value is -3.79. The van der Waals surface area contributed by atoms with Crippen LogP contribution in [0.15, 0.2) is 59.6 Å². The minimum atomic E-state index is -0.180. The highest BCUT2D eigenvalue weighted by molar-refractivity contribution is 7.99. The van der Waals surface area contributed by atoms with Crippen molar-refractivity contribution in [3.05, 3.63) is 54.6 Å². The van der Waals surface area contributed by atoms with E-state index in [1.807, 2.05) is 43.3 Å². The van der Waals surface area contributed by atoms with Crippen molar-refractivity contribution in [2.24, 2.45) is 0 Å². The molecule has 0 radical (unpaired) electrons. The molecule has 0 saturated heterocycles. The number of amides is 1. The largest absolute Gasteiger partial charge is 0.497 e. The van der Waals surface area contributed by atoms with Crippen LogP contribution < -0.4 is 19.5 Å². The number of ether oxygens (including phenoxy) is 3. The van der Waals surface area contributed by atoms with Gasteiger partial charge < -0.3 is 19.5 Å². The lowest BCUT2D eigenvalue weighted by Crippen LogP contribution is -2.15. The van der Waals surface area contributed by atoms with Crippen LogP contribution in [0.5, 0.6) is 17.2 Å². The van der Waals surface area contributed by atoms with E-state index in [9.17, 15) is 4.79 Å². The zero-order valence-electron chi connectivity index (χ0n) is 18.4. The number of benzene rings is 2. The third kappa shape index (κ3) is 5.17. The van der Waals surface area contributed by atoms with Crippen LogP contribution in [0.4, 0.5) is 5.69 Å². The Kier molecular flexibility index (Phi) is 6.94. The second kappa shape index (κ2) is 10.2. The van der Waals surface area contributed by atoms with Crippen LogP contribution >= 0.6 is 11.8 Å². The van der Waals surface area contributed by atoms with Gasteiger partial charge in [0.1, 0.15) is 22.3 Å². The topological polar surface area (TPSA) is 99.9 Å². The Balaban J connectivity index is 1.46. The Labute approximate surface area is 195 Å². The van der Waals surface area contributed by atoms with Crippen LogP contribution in [0, 0.1) is 0 Å². The highest BCUT2D eigenvalue weighted by atomic mass is 32.2. The fourth-order valence-corrected chi connectivity index (χ4v) is 3.78. The molecule has 2 aromatic heterocycles. The van der Waals surface area contributed by atoms with E-state index in [2.05, 4.69) is 20.6 Å². The van der Waals surface area contributed by atoms with Gasteiger partial charge in [0.2, 0.25) is 5.91 Å². The minimum Gasteiger partial charge on any atom is -0.497 e. The molecule has 0 bridgehead atoms. The molecular formula is C23H23N5O4S.